The molecule has 2 fully saturated rings. The van der Waals surface area contributed by atoms with Crippen LogP contribution in [0.5, 0.6) is 0 Å². The quantitative estimate of drug-likeness (QED) is 0.761. The monoisotopic (exact) mass is 370 g/mol. The van der Waals surface area contributed by atoms with Crippen molar-refractivity contribution in [2.45, 2.75) is 18.0 Å². The van der Waals surface area contributed by atoms with Gasteiger partial charge >= 0.3 is 0 Å². The van der Waals surface area contributed by atoms with Crippen molar-refractivity contribution < 1.29 is 8.42 Å². The number of piperidine rings is 1. The fourth-order valence-corrected chi connectivity index (χ4v) is 4.67. The van der Waals surface area contributed by atoms with Gasteiger partial charge in [-0.15, -0.1) is 6.58 Å². The maximum absolute atomic E-state index is 11.8. The van der Waals surface area contributed by atoms with E-state index in [0.717, 1.165) is 11.0 Å². The third-order valence-electron chi connectivity index (χ3n) is 4.53. The van der Waals surface area contributed by atoms with Gasteiger partial charge in [-0.1, -0.05) is 34.1 Å². The van der Waals surface area contributed by atoms with E-state index in [9.17, 15) is 8.42 Å². The van der Waals surface area contributed by atoms with Gasteiger partial charge in [0.1, 0.15) is 0 Å². The SMILES string of the molecule is C=CCN1[C@@H]2CN(S(C)(=O)=O)C[C@H]1C2c1ccc(Br)cc1. The minimum absolute atomic E-state index is 0.248. The van der Waals surface area contributed by atoms with Gasteiger partial charge in [-0.2, -0.15) is 4.31 Å². The van der Waals surface area contributed by atoms with Gasteiger partial charge in [-0.25, -0.2) is 8.42 Å². The van der Waals surface area contributed by atoms with E-state index >= 15 is 0 Å². The lowest BCUT2D eigenvalue weighted by atomic mass is 9.72. The third-order valence-corrected chi connectivity index (χ3v) is 6.29. The molecule has 3 rings (SSSR count). The Hall–Kier alpha value is -0.690. The molecular weight excluding hydrogens is 352 g/mol. The summed E-state index contributed by atoms with van der Waals surface area (Å²) >= 11 is 3.46. The number of nitrogens with zero attached hydrogens (tertiary/aromatic N) is 2. The van der Waals surface area contributed by atoms with E-state index in [-0.39, 0.29) is 12.1 Å². The fourth-order valence-electron chi connectivity index (χ4n) is 3.56. The normalized spacial score (nSPS) is 29.9. The zero-order valence-electron chi connectivity index (χ0n) is 11.9. The number of hydrogen-bond acceptors (Lipinski definition) is 3. The molecular formula is C15H19BrN2O2S. The van der Waals surface area contributed by atoms with Crippen LogP contribution in [0.4, 0.5) is 0 Å². The summed E-state index contributed by atoms with van der Waals surface area (Å²) in [7, 11) is -3.11. The van der Waals surface area contributed by atoms with Crippen LogP contribution in [0.2, 0.25) is 0 Å². The lowest BCUT2D eigenvalue weighted by Crippen LogP contribution is -2.73. The van der Waals surface area contributed by atoms with E-state index in [1.165, 1.54) is 11.8 Å². The summed E-state index contributed by atoms with van der Waals surface area (Å²) in [6, 6.07) is 8.87. The van der Waals surface area contributed by atoms with Crippen molar-refractivity contribution in [1.29, 1.82) is 0 Å². The molecule has 1 aromatic rings. The Labute approximate surface area is 134 Å². The molecule has 0 aromatic heterocycles. The molecule has 2 aliphatic rings. The van der Waals surface area contributed by atoms with Crippen LogP contribution in [-0.2, 0) is 10.0 Å². The van der Waals surface area contributed by atoms with E-state index in [2.05, 4.69) is 51.7 Å². The van der Waals surface area contributed by atoms with E-state index in [1.54, 1.807) is 4.31 Å². The van der Waals surface area contributed by atoms with Crippen LogP contribution in [-0.4, -0.2) is 55.6 Å². The maximum Gasteiger partial charge on any atom is 0.211 e. The number of hydrogen-bond donors (Lipinski definition) is 0. The van der Waals surface area contributed by atoms with Crippen LogP contribution in [0, 0.1) is 0 Å². The summed E-state index contributed by atoms with van der Waals surface area (Å²) in [5, 5.41) is 0. The molecule has 3 atom stereocenters. The van der Waals surface area contributed by atoms with Crippen LogP contribution in [0.15, 0.2) is 41.4 Å². The summed E-state index contributed by atoms with van der Waals surface area (Å²) in [5.74, 6) is 0.413. The number of sulfonamides is 1. The Balaban J connectivity index is 1.85. The van der Waals surface area contributed by atoms with Crippen molar-refractivity contribution in [3.63, 3.8) is 0 Å². The Morgan fingerprint density at radius 2 is 1.86 bits per heavy atom. The molecule has 0 radical (unpaired) electrons. The lowest BCUT2D eigenvalue weighted by Gasteiger charge is -2.61. The molecule has 0 N–H and O–H groups in total. The Morgan fingerprint density at radius 1 is 1.29 bits per heavy atom. The van der Waals surface area contributed by atoms with E-state index in [1.807, 2.05) is 6.08 Å². The van der Waals surface area contributed by atoms with Gasteiger partial charge in [0.15, 0.2) is 0 Å². The molecule has 2 heterocycles. The number of fused-ring (bicyclic) bond motifs is 2. The topological polar surface area (TPSA) is 40.6 Å². The molecule has 0 amide bonds. The summed E-state index contributed by atoms with van der Waals surface area (Å²) < 4.78 is 26.2. The molecule has 1 aromatic carbocycles. The largest absolute Gasteiger partial charge is 0.290 e. The second kappa shape index (κ2) is 5.50. The molecule has 0 aliphatic carbocycles. The molecule has 21 heavy (non-hydrogen) atoms. The first-order valence-corrected chi connectivity index (χ1v) is 9.63. The summed E-state index contributed by atoms with van der Waals surface area (Å²) in [6.07, 6.45) is 3.19. The molecule has 4 nitrogen and oxygen atoms in total. The smallest absolute Gasteiger partial charge is 0.211 e. The molecule has 2 aliphatic heterocycles. The molecule has 114 valence electrons. The van der Waals surface area contributed by atoms with Gasteiger partial charge in [0.05, 0.1) is 6.26 Å². The first-order valence-electron chi connectivity index (χ1n) is 6.99. The zero-order chi connectivity index (χ0) is 15.2. The number of piperazine rings is 1. The van der Waals surface area contributed by atoms with Crippen LogP contribution in [0.3, 0.4) is 0 Å². The molecule has 1 unspecified atom stereocenters. The Kier molecular flexibility index (Phi) is 3.98. The predicted molar refractivity (Wildman–Crippen MR) is 87.8 cm³/mol. The van der Waals surface area contributed by atoms with E-state index < -0.39 is 10.0 Å². The van der Waals surface area contributed by atoms with Crippen LogP contribution >= 0.6 is 15.9 Å². The fraction of sp³-hybridized carbons (Fsp3) is 0.467. The highest BCUT2D eigenvalue weighted by atomic mass is 79.9. The minimum Gasteiger partial charge on any atom is -0.290 e. The van der Waals surface area contributed by atoms with Gasteiger partial charge in [0.25, 0.3) is 0 Å². The van der Waals surface area contributed by atoms with E-state index in [0.29, 0.717) is 19.0 Å². The van der Waals surface area contributed by atoms with Crippen molar-refractivity contribution in [2.24, 2.45) is 0 Å². The predicted octanol–water partition coefficient (Wildman–Crippen LogP) is 2.05. The summed E-state index contributed by atoms with van der Waals surface area (Å²) in [5.41, 5.74) is 1.29. The lowest BCUT2D eigenvalue weighted by molar-refractivity contribution is -0.0599. The third kappa shape index (κ3) is 2.70. The Morgan fingerprint density at radius 3 is 2.33 bits per heavy atom. The Bertz CT molecular complexity index is 630. The van der Waals surface area contributed by atoms with Crippen LogP contribution in [0.1, 0.15) is 11.5 Å². The highest BCUT2D eigenvalue weighted by Crippen LogP contribution is 2.45. The molecule has 0 saturated carbocycles. The van der Waals surface area contributed by atoms with Crippen molar-refractivity contribution in [1.82, 2.24) is 9.21 Å². The van der Waals surface area contributed by atoms with Gasteiger partial charge in [0, 0.05) is 42.1 Å². The summed E-state index contributed by atoms with van der Waals surface area (Å²) in [6.45, 7) is 5.77. The number of halogens is 1. The first-order chi connectivity index (χ1) is 9.91. The van der Waals surface area contributed by atoms with Gasteiger partial charge in [0.2, 0.25) is 10.0 Å². The second-order valence-electron chi connectivity index (χ2n) is 5.78. The number of rotatable bonds is 4. The maximum atomic E-state index is 11.8. The van der Waals surface area contributed by atoms with E-state index in [4.69, 9.17) is 0 Å². The number of benzene rings is 1. The van der Waals surface area contributed by atoms with Gasteiger partial charge in [-0.05, 0) is 17.7 Å². The van der Waals surface area contributed by atoms with Crippen molar-refractivity contribution in [2.75, 3.05) is 25.9 Å². The van der Waals surface area contributed by atoms with Gasteiger partial charge in [-0.3, -0.25) is 4.90 Å². The van der Waals surface area contributed by atoms with Crippen LogP contribution < -0.4 is 0 Å². The average Bonchev–Trinajstić information content (AvgIpc) is 2.44. The highest BCUT2D eigenvalue weighted by molar-refractivity contribution is 9.10. The molecule has 2 saturated heterocycles. The zero-order valence-corrected chi connectivity index (χ0v) is 14.3. The second-order valence-corrected chi connectivity index (χ2v) is 8.68. The molecule has 0 spiro atoms. The van der Waals surface area contributed by atoms with Gasteiger partial charge < -0.3 is 0 Å². The van der Waals surface area contributed by atoms with Crippen molar-refractivity contribution in [3.8, 4) is 0 Å². The highest BCUT2D eigenvalue weighted by Gasteiger charge is 2.54. The standard InChI is InChI=1S/C15H19BrN2O2S/c1-3-8-18-13-9-17(21(2,19)20)10-14(18)15(13)11-4-6-12(16)7-5-11/h3-7,13-15H,1,8-10H2,2H3/t13-,14+,15?. The minimum atomic E-state index is -3.11. The van der Waals surface area contributed by atoms with Crippen molar-refractivity contribution >= 4 is 26.0 Å². The van der Waals surface area contributed by atoms with Crippen LogP contribution in [0.25, 0.3) is 0 Å². The first kappa shape index (κ1) is 15.2. The molecule has 2 bridgehead atoms. The summed E-state index contributed by atoms with van der Waals surface area (Å²) in [4.78, 5) is 2.36. The average molecular weight is 371 g/mol. The van der Waals surface area contributed by atoms with Crippen molar-refractivity contribution in [3.05, 3.63) is 47.0 Å². The molecule has 6 heteroatoms.